The van der Waals surface area contributed by atoms with Crippen molar-refractivity contribution in [1.82, 2.24) is 15.3 Å². The molecule has 0 spiro atoms. The van der Waals surface area contributed by atoms with Crippen LogP contribution in [0.25, 0.3) is 0 Å². The Balaban J connectivity index is 1.77. The van der Waals surface area contributed by atoms with Crippen molar-refractivity contribution in [3.05, 3.63) is 63.1 Å². The molecule has 1 aromatic carbocycles. The molecule has 1 aliphatic rings. The van der Waals surface area contributed by atoms with E-state index in [1.807, 2.05) is 0 Å². The van der Waals surface area contributed by atoms with Crippen LogP contribution >= 0.6 is 0 Å². The van der Waals surface area contributed by atoms with Gasteiger partial charge in [0, 0.05) is 11.3 Å². The maximum Gasteiger partial charge on any atom is 0.254 e. The zero-order valence-electron chi connectivity index (χ0n) is 14.4. The second-order valence-corrected chi connectivity index (χ2v) is 6.68. The molecule has 1 atom stereocenters. The molecule has 0 bridgehead atoms. The first kappa shape index (κ1) is 17.3. The van der Waals surface area contributed by atoms with Gasteiger partial charge in [0.15, 0.2) is 0 Å². The summed E-state index contributed by atoms with van der Waals surface area (Å²) in [6.07, 6.45) is 3.19. The second kappa shape index (κ2) is 7.17. The van der Waals surface area contributed by atoms with Crippen LogP contribution in [0.3, 0.4) is 0 Å². The van der Waals surface area contributed by atoms with Crippen molar-refractivity contribution in [2.24, 2.45) is 5.92 Å². The fourth-order valence-corrected chi connectivity index (χ4v) is 3.26. The third-order valence-electron chi connectivity index (χ3n) is 4.84. The molecule has 1 saturated carbocycles. The van der Waals surface area contributed by atoms with Crippen LogP contribution in [-0.2, 0) is 11.2 Å². The van der Waals surface area contributed by atoms with E-state index in [1.165, 1.54) is 12.1 Å². The van der Waals surface area contributed by atoms with E-state index in [9.17, 15) is 14.0 Å². The van der Waals surface area contributed by atoms with E-state index in [0.29, 0.717) is 23.0 Å². The Morgan fingerprint density at radius 2 is 2.00 bits per heavy atom. The molecule has 5 nitrogen and oxygen atoms in total. The summed E-state index contributed by atoms with van der Waals surface area (Å²) < 4.78 is 13.2. The molecule has 0 aliphatic heterocycles. The molecule has 1 amide bonds. The summed E-state index contributed by atoms with van der Waals surface area (Å²) >= 11 is 0. The van der Waals surface area contributed by atoms with E-state index < -0.39 is 0 Å². The van der Waals surface area contributed by atoms with Gasteiger partial charge in [0.2, 0.25) is 5.91 Å². The molecule has 1 heterocycles. The topological polar surface area (TPSA) is 74.8 Å². The maximum absolute atomic E-state index is 13.2. The fourth-order valence-electron chi connectivity index (χ4n) is 3.26. The van der Waals surface area contributed by atoms with Gasteiger partial charge in [0.1, 0.15) is 11.6 Å². The third kappa shape index (κ3) is 3.95. The monoisotopic (exact) mass is 343 g/mol. The number of aryl methyl sites for hydroxylation is 2. The lowest BCUT2D eigenvalue weighted by molar-refractivity contribution is -0.121. The number of amides is 1. The first-order valence-electron chi connectivity index (χ1n) is 8.55. The molecule has 3 rings (SSSR count). The molecule has 0 radical (unpaired) electrons. The lowest BCUT2D eigenvalue weighted by Crippen LogP contribution is -2.38. The van der Waals surface area contributed by atoms with Crippen LogP contribution in [0.15, 0.2) is 29.1 Å². The van der Waals surface area contributed by atoms with Gasteiger partial charge >= 0.3 is 0 Å². The van der Waals surface area contributed by atoms with Gasteiger partial charge < -0.3 is 10.3 Å². The molecule has 0 saturated heterocycles. The number of aromatic nitrogens is 2. The number of H-pyrrole nitrogens is 1. The number of hydrogen-bond acceptors (Lipinski definition) is 3. The van der Waals surface area contributed by atoms with Gasteiger partial charge in [-0.25, -0.2) is 9.37 Å². The molecule has 2 N–H and O–H groups in total. The number of aromatic amines is 1. The predicted octanol–water partition coefficient (Wildman–Crippen LogP) is 2.73. The molecule has 2 aromatic rings. The lowest BCUT2D eigenvalue weighted by Gasteiger charge is -2.34. The minimum atomic E-state index is -0.296. The average molecular weight is 343 g/mol. The number of nitrogens with one attached hydrogen (secondary N) is 2. The molecule has 1 aliphatic carbocycles. The Morgan fingerprint density at radius 1 is 1.32 bits per heavy atom. The third-order valence-corrected chi connectivity index (χ3v) is 4.84. The number of benzene rings is 1. The van der Waals surface area contributed by atoms with E-state index in [1.54, 1.807) is 26.0 Å². The Hall–Kier alpha value is -2.50. The summed E-state index contributed by atoms with van der Waals surface area (Å²) in [6.45, 7) is 3.44. The summed E-state index contributed by atoms with van der Waals surface area (Å²) in [5, 5.41) is 3.03. The van der Waals surface area contributed by atoms with Crippen molar-refractivity contribution in [1.29, 1.82) is 0 Å². The van der Waals surface area contributed by atoms with Crippen LogP contribution in [0, 0.1) is 25.6 Å². The molecule has 1 fully saturated rings. The highest BCUT2D eigenvalue weighted by Crippen LogP contribution is 2.37. The van der Waals surface area contributed by atoms with Crippen LogP contribution in [0.4, 0.5) is 4.39 Å². The van der Waals surface area contributed by atoms with Gasteiger partial charge in [-0.1, -0.05) is 18.6 Å². The zero-order chi connectivity index (χ0) is 18.0. The van der Waals surface area contributed by atoms with Crippen LogP contribution in [0.2, 0.25) is 0 Å². The number of halogens is 1. The van der Waals surface area contributed by atoms with Gasteiger partial charge in [-0.2, -0.15) is 0 Å². The van der Waals surface area contributed by atoms with Crippen LogP contribution in [-0.4, -0.2) is 15.9 Å². The first-order valence-corrected chi connectivity index (χ1v) is 8.55. The largest absolute Gasteiger partial charge is 0.349 e. The van der Waals surface area contributed by atoms with Crippen molar-refractivity contribution in [3.63, 3.8) is 0 Å². The van der Waals surface area contributed by atoms with Crippen LogP contribution in [0.5, 0.6) is 0 Å². The molecule has 0 unspecified atom stereocenters. The minimum Gasteiger partial charge on any atom is -0.349 e. The highest BCUT2D eigenvalue weighted by molar-refractivity contribution is 5.79. The van der Waals surface area contributed by atoms with Crippen LogP contribution in [0.1, 0.15) is 47.9 Å². The summed E-state index contributed by atoms with van der Waals surface area (Å²) in [5.41, 5.74) is 1.57. The van der Waals surface area contributed by atoms with Gasteiger partial charge in [0.25, 0.3) is 5.56 Å². The number of rotatable bonds is 5. The lowest BCUT2D eigenvalue weighted by atomic mass is 9.77. The highest BCUT2D eigenvalue weighted by atomic mass is 19.1. The van der Waals surface area contributed by atoms with E-state index in [4.69, 9.17) is 0 Å². The molecule has 132 valence electrons. The molecule has 25 heavy (non-hydrogen) atoms. The zero-order valence-corrected chi connectivity index (χ0v) is 14.4. The average Bonchev–Trinajstić information content (AvgIpc) is 2.49. The van der Waals surface area contributed by atoms with E-state index in [-0.39, 0.29) is 29.7 Å². The summed E-state index contributed by atoms with van der Waals surface area (Å²) in [6, 6.07) is 6.09. The van der Waals surface area contributed by atoms with Crippen molar-refractivity contribution < 1.29 is 9.18 Å². The van der Waals surface area contributed by atoms with Crippen molar-refractivity contribution >= 4 is 5.91 Å². The van der Waals surface area contributed by atoms with Gasteiger partial charge in [0.05, 0.1) is 12.5 Å². The predicted molar refractivity (Wildman–Crippen MR) is 92.7 cm³/mol. The van der Waals surface area contributed by atoms with Gasteiger partial charge in [-0.05, 0) is 50.3 Å². The molecule has 6 heteroatoms. The van der Waals surface area contributed by atoms with E-state index >= 15 is 0 Å². The van der Waals surface area contributed by atoms with Gasteiger partial charge in [-0.15, -0.1) is 0 Å². The number of carbonyl (C=O) groups is 1. The Morgan fingerprint density at radius 3 is 2.56 bits per heavy atom. The first-order chi connectivity index (χ1) is 11.9. The fraction of sp³-hybridized carbons (Fsp3) is 0.421. The number of hydrogen-bond donors (Lipinski definition) is 2. The van der Waals surface area contributed by atoms with E-state index in [0.717, 1.165) is 24.8 Å². The minimum absolute atomic E-state index is 0.0150. The Kier molecular flexibility index (Phi) is 4.97. The normalized spacial score (nSPS) is 15.5. The smallest absolute Gasteiger partial charge is 0.254 e. The van der Waals surface area contributed by atoms with Crippen molar-refractivity contribution in [2.75, 3.05) is 0 Å². The standard InChI is InChI=1S/C19H22FN3O2/c1-11-16(19(25)22-12(2)21-11)10-17(24)23-18(13-4-3-5-13)14-6-8-15(20)9-7-14/h6-9,13,18H,3-5,10H2,1-2H3,(H,23,24)(H,21,22,25)/t18-/m1/s1. The Labute approximate surface area is 145 Å². The van der Waals surface area contributed by atoms with Gasteiger partial charge in [-0.3, -0.25) is 9.59 Å². The Bertz CT molecular complexity index is 826. The second-order valence-electron chi connectivity index (χ2n) is 6.68. The molecule has 1 aromatic heterocycles. The number of nitrogens with zero attached hydrogens (tertiary/aromatic N) is 1. The summed E-state index contributed by atoms with van der Waals surface area (Å²) in [5.74, 6) is 0.367. The van der Waals surface area contributed by atoms with Crippen molar-refractivity contribution in [3.8, 4) is 0 Å². The molecular formula is C19H22FN3O2. The van der Waals surface area contributed by atoms with Crippen LogP contribution < -0.4 is 10.9 Å². The quantitative estimate of drug-likeness (QED) is 0.876. The van der Waals surface area contributed by atoms with Crippen molar-refractivity contribution in [2.45, 2.75) is 45.6 Å². The summed E-state index contributed by atoms with van der Waals surface area (Å²) in [4.78, 5) is 31.5. The maximum atomic E-state index is 13.2. The number of carbonyl (C=O) groups excluding carboxylic acids is 1. The SMILES string of the molecule is Cc1nc(C)c(CC(=O)N[C@@H](c2ccc(F)cc2)C2CCC2)c(=O)[nH]1. The van der Waals surface area contributed by atoms with E-state index in [2.05, 4.69) is 15.3 Å². The summed E-state index contributed by atoms with van der Waals surface area (Å²) in [7, 11) is 0. The molecular weight excluding hydrogens is 321 g/mol. The highest BCUT2D eigenvalue weighted by Gasteiger charge is 2.30.